The predicted octanol–water partition coefficient (Wildman–Crippen LogP) is 6.77. The zero-order valence-corrected chi connectivity index (χ0v) is 19.9. The van der Waals surface area contributed by atoms with Crippen molar-refractivity contribution >= 4 is 22.8 Å². The number of nitrogens with one attached hydrogen (secondary N) is 1. The van der Waals surface area contributed by atoms with Crippen LogP contribution >= 0.6 is 0 Å². The number of aryl methyl sites for hydroxylation is 3. The number of fused-ring (bicyclic) bond motifs is 1. The van der Waals surface area contributed by atoms with Crippen LogP contribution in [0.2, 0.25) is 0 Å². The van der Waals surface area contributed by atoms with E-state index in [1.807, 2.05) is 30.5 Å². The molecule has 0 aliphatic rings. The van der Waals surface area contributed by atoms with Crippen LogP contribution < -0.4 is 5.43 Å². The molecule has 5 aromatic rings. The molecular formula is C29H27N5. The fourth-order valence-corrected chi connectivity index (χ4v) is 4.34. The van der Waals surface area contributed by atoms with E-state index in [1.165, 1.54) is 11.1 Å². The third-order valence-electron chi connectivity index (χ3n) is 6.33. The molecule has 0 saturated heterocycles. The number of rotatable bonds is 5. The first-order valence-electron chi connectivity index (χ1n) is 11.4. The van der Waals surface area contributed by atoms with Gasteiger partial charge in [0.05, 0.1) is 6.21 Å². The van der Waals surface area contributed by atoms with Gasteiger partial charge in [-0.3, -0.25) is 5.43 Å². The molecule has 168 valence electrons. The quantitative estimate of drug-likeness (QED) is 0.240. The van der Waals surface area contributed by atoms with Crippen molar-refractivity contribution in [1.29, 1.82) is 0 Å². The van der Waals surface area contributed by atoms with E-state index in [1.54, 1.807) is 0 Å². The van der Waals surface area contributed by atoms with Gasteiger partial charge in [-0.05, 0) is 63.1 Å². The predicted molar refractivity (Wildman–Crippen MR) is 141 cm³/mol. The first kappa shape index (κ1) is 21.6. The normalized spacial score (nSPS) is 11.4. The lowest BCUT2D eigenvalue weighted by Crippen LogP contribution is -2.01. The molecule has 0 spiro atoms. The van der Waals surface area contributed by atoms with Crippen molar-refractivity contribution in [3.8, 4) is 16.9 Å². The Bertz CT molecular complexity index is 1510. The van der Waals surface area contributed by atoms with Crippen LogP contribution in [0.4, 0.5) is 5.82 Å². The van der Waals surface area contributed by atoms with E-state index >= 15 is 0 Å². The second-order valence-corrected chi connectivity index (χ2v) is 8.61. The summed E-state index contributed by atoms with van der Waals surface area (Å²) in [5.74, 6) is 0.635. The van der Waals surface area contributed by atoms with E-state index < -0.39 is 0 Å². The number of hydrazone groups is 1. The summed E-state index contributed by atoms with van der Waals surface area (Å²) in [6.45, 7) is 8.45. The smallest absolute Gasteiger partial charge is 0.176 e. The highest BCUT2D eigenvalue weighted by molar-refractivity contribution is 6.00. The van der Waals surface area contributed by atoms with E-state index in [9.17, 15) is 0 Å². The molecular weight excluding hydrogens is 418 g/mol. The molecule has 1 N–H and O–H groups in total. The van der Waals surface area contributed by atoms with Crippen LogP contribution in [0, 0.1) is 27.7 Å². The molecule has 34 heavy (non-hydrogen) atoms. The van der Waals surface area contributed by atoms with Gasteiger partial charge in [0.1, 0.15) is 5.69 Å². The Morgan fingerprint density at radius 3 is 2.26 bits per heavy atom. The Morgan fingerprint density at radius 1 is 0.765 bits per heavy atom. The largest absolute Gasteiger partial charge is 0.318 e. The molecule has 3 aromatic carbocycles. The Labute approximate surface area is 199 Å². The molecule has 5 rings (SSSR count). The minimum atomic E-state index is 0.635. The highest BCUT2D eigenvalue weighted by Crippen LogP contribution is 2.30. The zero-order chi connectivity index (χ0) is 23.7. The van der Waals surface area contributed by atoms with Crippen LogP contribution in [-0.2, 0) is 0 Å². The fourth-order valence-electron chi connectivity index (χ4n) is 4.34. The second-order valence-electron chi connectivity index (χ2n) is 8.61. The van der Waals surface area contributed by atoms with Gasteiger partial charge in [0, 0.05) is 39.0 Å². The lowest BCUT2D eigenvalue weighted by molar-refractivity contribution is 0.965. The topological polar surface area (TPSA) is 55.1 Å². The van der Waals surface area contributed by atoms with Crippen LogP contribution in [-0.4, -0.2) is 21.0 Å². The van der Waals surface area contributed by atoms with Gasteiger partial charge < -0.3 is 4.57 Å². The fraction of sp³-hybridized carbons (Fsp3) is 0.138. The van der Waals surface area contributed by atoms with Gasteiger partial charge in [-0.15, -0.1) is 10.2 Å². The number of hydrogen-bond acceptors (Lipinski definition) is 4. The summed E-state index contributed by atoms with van der Waals surface area (Å²) in [4.78, 5) is 0. The van der Waals surface area contributed by atoms with E-state index in [4.69, 9.17) is 0 Å². The minimum absolute atomic E-state index is 0.635. The van der Waals surface area contributed by atoms with Crippen molar-refractivity contribution in [2.45, 2.75) is 27.7 Å². The van der Waals surface area contributed by atoms with E-state index in [2.05, 4.69) is 108 Å². The van der Waals surface area contributed by atoms with Crippen molar-refractivity contribution in [3.63, 3.8) is 0 Å². The van der Waals surface area contributed by atoms with Crippen molar-refractivity contribution < 1.29 is 0 Å². The summed E-state index contributed by atoms with van der Waals surface area (Å²) in [5.41, 5.74) is 12.1. The maximum absolute atomic E-state index is 4.56. The highest BCUT2D eigenvalue weighted by Gasteiger charge is 2.12. The molecule has 0 aliphatic heterocycles. The summed E-state index contributed by atoms with van der Waals surface area (Å²) in [5, 5.41) is 15.6. The zero-order valence-electron chi connectivity index (χ0n) is 19.9. The van der Waals surface area contributed by atoms with Gasteiger partial charge in [0.25, 0.3) is 0 Å². The molecule has 0 atom stereocenters. The van der Waals surface area contributed by atoms with Crippen LogP contribution in [0.25, 0.3) is 27.7 Å². The van der Waals surface area contributed by atoms with Gasteiger partial charge >= 0.3 is 0 Å². The number of nitrogens with zero attached hydrogens (tertiary/aromatic N) is 4. The summed E-state index contributed by atoms with van der Waals surface area (Å²) in [6.07, 6.45) is 1.84. The van der Waals surface area contributed by atoms with Crippen LogP contribution in [0.1, 0.15) is 28.1 Å². The molecule has 0 aliphatic carbocycles. The van der Waals surface area contributed by atoms with Crippen molar-refractivity contribution in [2.75, 3.05) is 5.43 Å². The van der Waals surface area contributed by atoms with Crippen molar-refractivity contribution in [2.24, 2.45) is 5.10 Å². The molecule has 0 radical (unpaired) electrons. The molecule has 0 amide bonds. The summed E-state index contributed by atoms with van der Waals surface area (Å²) >= 11 is 0. The Kier molecular flexibility index (Phi) is 5.68. The van der Waals surface area contributed by atoms with Gasteiger partial charge in [0.2, 0.25) is 0 Å². The standard InChI is InChI=1S/C29H27N5/c1-19-14-15-23(16-20(19)2)28-26-12-8-9-13-27(26)29(33-31-28)32-30-18-24-17-21(3)34(22(24)4)25-10-6-5-7-11-25/h5-18H,1-4H3,(H,32,33). The third kappa shape index (κ3) is 3.97. The molecule has 0 bridgehead atoms. The first-order chi connectivity index (χ1) is 16.5. The lowest BCUT2D eigenvalue weighted by atomic mass is 10.0. The van der Waals surface area contributed by atoms with E-state index in [0.717, 1.165) is 44.7 Å². The summed E-state index contributed by atoms with van der Waals surface area (Å²) in [6, 6.07) is 27.1. The molecule has 0 saturated carbocycles. The first-order valence-corrected chi connectivity index (χ1v) is 11.4. The SMILES string of the molecule is Cc1ccc(-c2nnc(NN=Cc3cc(C)n(-c4ccccc4)c3C)c3ccccc23)cc1C. The monoisotopic (exact) mass is 445 g/mol. The Morgan fingerprint density at radius 2 is 1.50 bits per heavy atom. The van der Waals surface area contributed by atoms with E-state index in [0.29, 0.717) is 5.82 Å². The number of para-hydroxylation sites is 1. The van der Waals surface area contributed by atoms with Crippen LogP contribution in [0.3, 0.4) is 0 Å². The maximum Gasteiger partial charge on any atom is 0.176 e. The average molecular weight is 446 g/mol. The summed E-state index contributed by atoms with van der Waals surface area (Å²) < 4.78 is 2.23. The lowest BCUT2D eigenvalue weighted by Gasteiger charge is -2.10. The Hall–Kier alpha value is -4.25. The molecule has 2 heterocycles. The van der Waals surface area contributed by atoms with Crippen LogP contribution in [0.5, 0.6) is 0 Å². The molecule has 0 unspecified atom stereocenters. The average Bonchev–Trinajstić information content (AvgIpc) is 3.14. The number of benzene rings is 3. The van der Waals surface area contributed by atoms with Gasteiger partial charge in [-0.25, -0.2) is 0 Å². The molecule has 2 aromatic heterocycles. The molecule has 5 heteroatoms. The van der Waals surface area contributed by atoms with Crippen molar-refractivity contribution in [1.82, 2.24) is 14.8 Å². The second kappa shape index (κ2) is 8.94. The molecule has 5 nitrogen and oxygen atoms in total. The molecule has 0 fully saturated rings. The minimum Gasteiger partial charge on any atom is -0.318 e. The van der Waals surface area contributed by atoms with Gasteiger partial charge in [-0.1, -0.05) is 54.6 Å². The van der Waals surface area contributed by atoms with Crippen LogP contribution in [0.15, 0.2) is 84.0 Å². The maximum atomic E-state index is 4.56. The Balaban J connectivity index is 1.46. The highest BCUT2D eigenvalue weighted by atomic mass is 15.3. The third-order valence-corrected chi connectivity index (χ3v) is 6.33. The van der Waals surface area contributed by atoms with Crippen molar-refractivity contribution in [3.05, 3.63) is 107 Å². The van der Waals surface area contributed by atoms with Gasteiger partial charge in [0.15, 0.2) is 5.82 Å². The van der Waals surface area contributed by atoms with E-state index in [-0.39, 0.29) is 0 Å². The number of anilines is 1. The van der Waals surface area contributed by atoms with Gasteiger partial charge in [-0.2, -0.15) is 5.10 Å². The summed E-state index contributed by atoms with van der Waals surface area (Å²) in [7, 11) is 0. The number of aromatic nitrogens is 3. The number of hydrogen-bond donors (Lipinski definition) is 1.